The van der Waals surface area contributed by atoms with Crippen molar-refractivity contribution in [3.05, 3.63) is 101 Å². The minimum atomic E-state index is -2.85. The number of hydrogen-bond acceptors (Lipinski definition) is 0. The summed E-state index contributed by atoms with van der Waals surface area (Å²) in [5, 5.41) is 0. The molecule has 2 aliphatic heterocycles. The van der Waals surface area contributed by atoms with Crippen LogP contribution in [0.3, 0.4) is 0 Å². The van der Waals surface area contributed by atoms with Crippen molar-refractivity contribution in [3.8, 4) is 22.3 Å². The molecule has 226 valence electrons. The predicted molar refractivity (Wildman–Crippen MR) is 192 cm³/mol. The van der Waals surface area contributed by atoms with E-state index in [1.165, 1.54) is 54.4 Å². The van der Waals surface area contributed by atoms with Gasteiger partial charge in [0.1, 0.15) is 0 Å². The maximum absolute atomic E-state index is 2.85. The molecule has 3 aromatic rings. The second kappa shape index (κ2) is 12.2. The van der Waals surface area contributed by atoms with Crippen molar-refractivity contribution < 1.29 is 0 Å². The Labute approximate surface area is 265 Å². The monoisotopic (exact) mass is 632 g/mol. The van der Waals surface area contributed by atoms with Crippen LogP contribution in [0.5, 0.6) is 0 Å². The number of allylic oxidation sites excluding steroid dienone is 4. The van der Waals surface area contributed by atoms with Gasteiger partial charge in [0.2, 0.25) is 0 Å². The van der Waals surface area contributed by atoms with E-state index in [0.717, 1.165) is 14.3 Å². The van der Waals surface area contributed by atoms with Crippen LogP contribution < -0.4 is 4.40 Å². The molecule has 1 heteroatoms. The van der Waals surface area contributed by atoms with Gasteiger partial charge in [-0.2, -0.15) is 0 Å². The van der Waals surface area contributed by atoms with E-state index in [1.807, 2.05) is 4.40 Å². The molecule has 0 aromatic heterocycles. The van der Waals surface area contributed by atoms with Crippen molar-refractivity contribution in [1.82, 2.24) is 0 Å². The molecular formula is C42H54Ge. The second-order valence-electron chi connectivity index (χ2n) is 15.0. The van der Waals surface area contributed by atoms with Crippen LogP contribution in [0.4, 0.5) is 0 Å². The Morgan fingerprint density at radius 2 is 0.907 bits per heavy atom. The molecular weight excluding hydrogens is 577 g/mol. The van der Waals surface area contributed by atoms with Gasteiger partial charge in [-0.15, -0.1) is 0 Å². The first-order chi connectivity index (χ1) is 20.7. The van der Waals surface area contributed by atoms with Crippen molar-refractivity contribution in [2.24, 2.45) is 0 Å². The third-order valence-electron chi connectivity index (χ3n) is 11.2. The Kier molecular flexibility index (Phi) is 8.73. The van der Waals surface area contributed by atoms with Gasteiger partial charge in [0.15, 0.2) is 0 Å². The van der Waals surface area contributed by atoms with Crippen LogP contribution in [0.25, 0.3) is 22.3 Å². The van der Waals surface area contributed by atoms with Gasteiger partial charge >= 0.3 is 266 Å². The summed E-state index contributed by atoms with van der Waals surface area (Å²) in [6.45, 7) is 19.2. The van der Waals surface area contributed by atoms with E-state index in [-0.39, 0.29) is 0 Å². The van der Waals surface area contributed by atoms with E-state index in [9.17, 15) is 0 Å². The van der Waals surface area contributed by atoms with E-state index in [0.29, 0.717) is 23.7 Å². The fraction of sp³-hybridized carbons (Fsp3) is 0.476. The summed E-state index contributed by atoms with van der Waals surface area (Å²) in [7, 11) is 0. The Bertz CT molecular complexity index is 1380. The van der Waals surface area contributed by atoms with Gasteiger partial charge in [-0.3, -0.25) is 0 Å². The van der Waals surface area contributed by atoms with Crippen LogP contribution in [0.15, 0.2) is 78.9 Å². The van der Waals surface area contributed by atoms with E-state index in [4.69, 9.17) is 0 Å². The minimum absolute atomic E-state index is 0.482. The molecule has 0 amide bonds. The summed E-state index contributed by atoms with van der Waals surface area (Å²) in [6.07, 6.45) is 17.5. The van der Waals surface area contributed by atoms with E-state index in [2.05, 4.69) is 134 Å². The normalized spacial score (nSPS) is 24.8. The van der Waals surface area contributed by atoms with Crippen LogP contribution in [0, 0.1) is 0 Å². The quantitative estimate of drug-likeness (QED) is 0.171. The topological polar surface area (TPSA) is 0 Å². The van der Waals surface area contributed by atoms with Gasteiger partial charge in [-0.05, 0) is 0 Å². The third-order valence-corrected chi connectivity index (χ3v) is 24.9. The van der Waals surface area contributed by atoms with Gasteiger partial charge in [0.05, 0.1) is 0 Å². The SMILES string of the molecule is CC(C)c1cccc(C(C)C)c1-c1cccc(-c2c(C(C)C)cccc2C(C)C)[c]1[Ge]1([C@H]2C=CCCC2)[C@@H]2C=C[C@H]1CC2. The molecule has 3 aromatic carbocycles. The van der Waals surface area contributed by atoms with Gasteiger partial charge < -0.3 is 0 Å². The van der Waals surface area contributed by atoms with Crippen molar-refractivity contribution >= 4 is 17.7 Å². The first-order valence-corrected chi connectivity index (χ1v) is 22.1. The van der Waals surface area contributed by atoms with Crippen LogP contribution in [-0.4, -0.2) is 13.3 Å². The summed E-state index contributed by atoms with van der Waals surface area (Å²) in [4.78, 5) is 0. The molecule has 6 rings (SSSR count). The molecule has 1 fully saturated rings. The van der Waals surface area contributed by atoms with Crippen LogP contribution in [0.2, 0.25) is 14.3 Å². The molecule has 0 saturated carbocycles. The fourth-order valence-corrected chi connectivity index (χ4v) is 24.9. The molecule has 3 aliphatic rings. The molecule has 0 radical (unpaired) electrons. The third kappa shape index (κ3) is 5.05. The van der Waals surface area contributed by atoms with Crippen molar-refractivity contribution in [3.63, 3.8) is 0 Å². The van der Waals surface area contributed by atoms with Crippen molar-refractivity contribution in [1.29, 1.82) is 0 Å². The first-order valence-electron chi connectivity index (χ1n) is 17.4. The molecule has 1 unspecified atom stereocenters. The van der Waals surface area contributed by atoms with E-state index < -0.39 is 13.3 Å². The zero-order chi connectivity index (χ0) is 30.5. The molecule has 1 aliphatic carbocycles. The average molecular weight is 632 g/mol. The Morgan fingerprint density at radius 1 is 0.512 bits per heavy atom. The Morgan fingerprint density at radius 3 is 1.26 bits per heavy atom. The van der Waals surface area contributed by atoms with Crippen molar-refractivity contribution in [2.75, 3.05) is 0 Å². The summed E-state index contributed by atoms with van der Waals surface area (Å²) in [6, 6.07) is 21.9. The van der Waals surface area contributed by atoms with E-state index in [1.54, 1.807) is 22.3 Å². The van der Waals surface area contributed by atoms with Crippen molar-refractivity contribution in [2.45, 2.75) is 125 Å². The van der Waals surface area contributed by atoms with Gasteiger partial charge in [0, 0.05) is 0 Å². The summed E-state index contributed by atoms with van der Waals surface area (Å²) < 4.78 is 4.16. The Balaban J connectivity index is 1.81. The molecule has 0 N–H and O–H groups in total. The van der Waals surface area contributed by atoms with Gasteiger partial charge in [-0.1, -0.05) is 0 Å². The number of fused-ring (bicyclic) bond motifs is 2. The zero-order valence-electron chi connectivity index (χ0n) is 28.1. The molecule has 0 nitrogen and oxygen atoms in total. The van der Waals surface area contributed by atoms with E-state index >= 15 is 0 Å². The molecule has 2 bridgehead atoms. The predicted octanol–water partition coefficient (Wildman–Crippen LogP) is 12.4. The first kappa shape index (κ1) is 30.7. The molecule has 0 spiro atoms. The summed E-state index contributed by atoms with van der Waals surface area (Å²) in [5.74, 6) is 1.93. The molecule has 2 heterocycles. The van der Waals surface area contributed by atoms with Crippen LogP contribution >= 0.6 is 0 Å². The number of hydrogen-bond donors (Lipinski definition) is 0. The standard InChI is InChI=1S/C42H54Ge/c1-27(2)34-17-12-18-35(28(3)4)40(34)38-21-14-22-39(41-36(29(5)6)19-13-20-37(41)30(7)8)42(38)43(31-15-10-9-11-16-31)32-23-24-33(43)26-25-32/h10,12-15,17-24,27-33H,9,11,16,25-26H2,1-8H3/t31-,32-,33+,43?/m0/s1. The number of rotatable bonds is 8. The zero-order valence-corrected chi connectivity index (χ0v) is 30.2. The van der Waals surface area contributed by atoms with Crippen LogP contribution in [0.1, 0.15) is 133 Å². The number of benzene rings is 3. The maximum atomic E-state index is 2.73. The average Bonchev–Trinajstić information content (AvgIpc) is 3.56. The van der Waals surface area contributed by atoms with Gasteiger partial charge in [0.25, 0.3) is 0 Å². The summed E-state index contributed by atoms with van der Waals surface area (Å²) >= 11 is -2.85. The second-order valence-corrected chi connectivity index (χ2v) is 24.7. The Hall–Kier alpha value is -2.32. The molecule has 1 saturated heterocycles. The fourth-order valence-electron chi connectivity index (χ4n) is 9.37. The summed E-state index contributed by atoms with van der Waals surface area (Å²) in [5.41, 5.74) is 12.4. The molecule has 4 atom stereocenters. The molecule has 43 heavy (non-hydrogen) atoms. The van der Waals surface area contributed by atoms with Crippen LogP contribution in [-0.2, 0) is 0 Å². The van der Waals surface area contributed by atoms with Gasteiger partial charge in [-0.25, -0.2) is 0 Å².